The third-order valence-electron chi connectivity index (χ3n) is 7.56. The molecular weight excluding hydrogens is 620 g/mol. The summed E-state index contributed by atoms with van der Waals surface area (Å²) in [5, 5.41) is 21.1. The zero-order valence-corrected chi connectivity index (χ0v) is 23.5. The van der Waals surface area contributed by atoms with Gasteiger partial charge in [-0.05, 0) is 62.5 Å². The van der Waals surface area contributed by atoms with Gasteiger partial charge in [0.1, 0.15) is 5.69 Å². The van der Waals surface area contributed by atoms with E-state index in [1.165, 1.54) is 9.36 Å². The highest BCUT2D eigenvalue weighted by Gasteiger charge is 2.37. The highest BCUT2D eigenvalue weighted by atomic mass is 35.5. The van der Waals surface area contributed by atoms with E-state index in [2.05, 4.69) is 25.8 Å². The molecule has 0 fully saturated rings. The molecule has 2 aromatic heterocycles. The third-order valence-corrected chi connectivity index (χ3v) is 7.87. The first kappa shape index (κ1) is 28.7. The van der Waals surface area contributed by atoms with E-state index in [-0.39, 0.29) is 28.8 Å². The molecule has 0 radical (unpaired) electrons. The molecular formula is C31H18ClF6N7. The van der Waals surface area contributed by atoms with Crippen molar-refractivity contribution in [1.82, 2.24) is 35.2 Å². The Morgan fingerprint density at radius 1 is 0.733 bits per heavy atom. The summed E-state index contributed by atoms with van der Waals surface area (Å²) >= 11 is 6.73. The number of fused-ring (bicyclic) bond motifs is 3. The van der Waals surface area contributed by atoms with Crippen molar-refractivity contribution in [3.63, 3.8) is 0 Å². The number of nitrogens with zero attached hydrogens (tertiary/aromatic N) is 7. The van der Waals surface area contributed by atoms with E-state index < -0.39 is 30.0 Å². The predicted molar refractivity (Wildman–Crippen MR) is 152 cm³/mol. The molecule has 4 aromatic carbocycles. The maximum absolute atomic E-state index is 13.6. The molecule has 45 heavy (non-hydrogen) atoms. The zero-order valence-electron chi connectivity index (χ0n) is 22.8. The van der Waals surface area contributed by atoms with Gasteiger partial charge in [-0.3, -0.25) is 0 Å². The molecule has 7 nitrogen and oxygen atoms in total. The van der Waals surface area contributed by atoms with Crippen molar-refractivity contribution in [1.29, 1.82) is 0 Å². The molecule has 0 saturated carbocycles. The van der Waals surface area contributed by atoms with E-state index in [4.69, 9.17) is 11.6 Å². The standard InChI is InChI=1S/C31H18ClF6N7/c32-25-11-10-23-22-9-5-4-8-19(22)14-24(23)28(25)45-29(40-41-43-45)26-27(18-6-2-1-3-7-18)44(42-39-26)16-17-12-20(30(33,34)35)15-21(13-17)31(36,37)38/h1-13,15H,14,16H2. The minimum absolute atomic E-state index is 0.0862. The van der Waals surface area contributed by atoms with Gasteiger partial charge >= 0.3 is 12.4 Å². The number of benzene rings is 4. The molecule has 7 rings (SSSR count). The first-order valence-corrected chi connectivity index (χ1v) is 13.8. The summed E-state index contributed by atoms with van der Waals surface area (Å²) in [6, 6.07) is 21.6. The van der Waals surface area contributed by atoms with Crippen LogP contribution in [0.4, 0.5) is 26.3 Å². The highest BCUT2D eigenvalue weighted by molar-refractivity contribution is 6.32. The van der Waals surface area contributed by atoms with Gasteiger partial charge in [-0.15, -0.1) is 10.2 Å². The maximum Gasteiger partial charge on any atom is 0.416 e. The van der Waals surface area contributed by atoms with E-state index >= 15 is 0 Å². The molecule has 0 atom stereocenters. The summed E-state index contributed by atoms with van der Waals surface area (Å²) in [5.41, 5.74) is 2.36. The molecule has 0 aliphatic heterocycles. The highest BCUT2D eigenvalue weighted by Crippen LogP contribution is 2.43. The van der Waals surface area contributed by atoms with Gasteiger partial charge in [0.15, 0.2) is 5.69 Å². The van der Waals surface area contributed by atoms with Gasteiger partial charge in [0.05, 0.1) is 28.4 Å². The number of rotatable bonds is 5. The number of alkyl halides is 6. The zero-order chi connectivity index (χ0) is 31.5. The Balaban J connectivity index is 1.38. The lowest BCUT2D eigenvalue weighted by Gasteiger charge is -2.15. The van der Waals surface area contributed by atoms with Crippen molar-refractivity contribution < 1.29 is 26.3 Å². The Hall–Kier alpha value is -5.04. The minimum atomic E-state index is -5.00. The molecule has 14 heteroatoms. The lowest BCUT2D eigenvalue weighted by Crippen LogP contribution is -2.13. The first-order chi connectivity index (χ1) is 21.5. The van der Waals surface area contributed by atoms with Gasteiger partial charge in [0, 0.05) is 12.0 Å². The van der Waals surface area contributed by atoms with Crippen molar-refractivity contribution in [2.24, 2.45) is 0 Å². The fourth-order valence-corrected chi connectivity index (χ4v) is 5.88. The summed E-state index contributed by atoms with van der Waals surface area (Å²) in [7, 11) is 0. The lowest BCUT2D eigenvalue weighted by atomic mass is 10.0. The Labute approximate surface area is 255 Å². The molecule has 0 saturated heterocycles. The third kappa shape index (κ3) is 5.12. The molecule has 0 amide bonds. The summed E-state index contributed by atoms with van der Waals surface area (Å²) in [4.78, 5) is 0. The number of hydrogen-bond donors (Lipinski definition) is 0. The van der Waals surface area contributed by atoms with Crippen LogP contribution in [0.15, 0.2) is 84.9 Å². The van der Waals surface area contributed by atoms with Crippen LogP contribution in [0.3, 0.4) is 0 Å². The topological polar surface area (TPSA) is 74.3 Å². The van der Waals surface area contributed by atoms with Gasteiger partial charge in [-0.25, -0.2) is 4.68 Å². The van der Waals surface area contributed by atoms with E-state index in [0.29, 0.717) is 34.8 Å². The van der Waals surface area contributed by atoms with Crippen LogP contribution in [0, 0.1) is 0 Å². The van der Waals surface area contributed by atoms with E-state index in [1.807, 2.05) is 30.3 Å². The number of aromatic nitrogens is 7. The van der Waals surface area contributed by atoms with Crippen LogP contribution < -0.4 is 0 Å². The normalized spacial score (nSPS) is 12.8. The van der Waals surface area contributed by atoms with Gasteiger partial charge in [0.2, 0.25) is 5.82 Å². The van der Waals surface area contributed by atoms with E-state index in [0.717, 1.165) is 22.3 Å². The van der Waals surface area contributed by atoms with Crippen molar-refractivity contribution in [2.75, 3.05) is 0 Å². The minimum Gasteiger partial charge on any atom is -0.239 e. The van der Waals surface area contributed by atoms with Gasteiger partial charge in [-0.2, -0.15) is 31.0 Å². The average molecular weight is 638 g/mol. The molecule has 0 bridgehead atoms. The number of halogens is 7. The number of hydrogen-bond acceptors (Lipinski definition) is 5. The second kappa shape index (κ2) is 10.5. The van der Waals surface area contributed by atoms with Gasteiger partial charge in [0.25, 0.3) is 0 Å². The van der Waals surface area contributed by atoms with Crippen molar-refractivity contribution in [3.8, 4) is 39.6 Å². The van der Waals surface area contributed by atoms with Crippen LogP contribution >= 0.6 is 11.6 Å². The van der Waals surface area contributed by atoms with Crippen molar-refractivity contribution in [3.05, 3.63) is 118 Å². The fourth-order valence-electron chi connectivity index (χ4n) is 5.62. The fraction of sp³-hybridized carbons (Fsp3) is 0.129. The number of tetrazole rings is 1. The Kier molecular flexibility index (Phi) is 6.73. The monoisotopic (exact) mass is 637 g/mol. The molecule has 1 aliphatic rings. The average Bonchev–Trinajstić information content (AvgIpc) is 3.73. The Morgan fingerprint density at radius 3 is 2.13 bits per heavy atom. The van der Waals surface area contributed by atoms with Crippen molar-refractivity contribution >= 4 is 11.6 Å². The first-order valence-electron chi connectivity index (χ1n) is 13.4. The Morgan fingerprint density at radius 2 is 1.42 bits per heavy atom. The van der Waals surface area contributed by atoms with Gasteiger partial charge < -0.3 is 0 Å². The van der Waals surface area contributed by atoms with Crippen LogP contribution in [0.2, 0.25) is 5.02 Å². The molecule has 226 valence electrons. The SMILES string of the molecule is FC(F)(F)c1cc(Cn2nnc(-c3nnnn3-c3c(Cl)ccc4c3Cc3ccccc3-4)c2-c2ccccc2)cc(C(F)(F)F)c1. The molecule has 0 unspecified atom stereocenters. The van der Waals surface area contributed by atoms with Crippen molar-refractivity contribution in [2.45, 2.75) is 25.3 Å². The summed E-state index contributed by atoms with van der Waals surface area (Å²) < 4.78 is 84.2. The largest absolute Gasteiger partial charge is 0.416 e. The van der Waals surface area contributed by atoms with Crippen LogP contribution in [-0.2, 0) is 25.3 Å². The van der Waals surface area contributed by atoms with Crippen LogP contribution in [0.25, 0.3) is 39.6 Å². The molecule has 0 spiro atoms. The lowest BCUT2D eigenvalue weighted by molar-refractivity contribution is -0.143. The molecule has 0 N–H and O–H groups in total. The van der Waals surface area contributed by atoms with Crippen LogP contribution in [-0.4, -0.2) is 35.2 Å². The van der Waals surface area contributed by atoms with Crippen LogP contribution in [0.1, 0.15) is 27.8 Å². The Bertz CT molecular complexity index is 2030. The second-order valence-electron chi connectivity index (χ2n) is 10.4. The summed E-state index contributed by atoms with van der Waals surface area (Å²) in [6.45, 7) is -0.456. The summed E-state index contributed by atoms with van der Waals surface area (Å²) in [5.74, 6) is 0.131. The van der Waals surface area contributed by atoms with E-state index in [1.54, 1.807) is 36.4 Å². The molecule has 6 aromatic rings. The van der Waals surface area contributed by atoms with E-state index in [9.17, 15) is 26.3 Å². The van der Waals surface area contributed by atoms with Crippen LogP contribution in [0.5, 0.6) is 0 Å². The predicted octanol–water partition coefficient (Wildman–Crippen LogP) is 7.90. The van der Waals surface area contributed by atoms with Gasteiger partial charge in [-0.1, -0.05) is 77.5 Å². The summed E-state index contributed by atoms with van der Waals surface area (Å²) in [6.07, 6.45) is -9.43. The smallest absolute Gasteiger partial charge is 0.239 e. The quantitative estimate of drug-likeness (QED) is 0.179. The molecule has 1 aliphatic carbocycles. The second-order valence-corrected chi connectivity index (χ2v) is 10.8. The maximum atomic E-state index is 13.6. The molecule has 2 heterocycles.